The van der Waals surface area contributed by atoms with Crippen LogP contribution in [0, 0.1) is 12.8 Å². The van der Waals surface area contributed by atoms with Crippen molar-refractivity contribution in [1.29, 1.82) is 0 Å². The first-order valence-electron chi connectivity index (χ1n) is 6.85. The molecule has 116 valence electrons. The summed E-state index contributed by atoms with van der Waals surface area (Å²) in [6.07, 6.45) is 0.197. The van der Waals surface area contributed by atoms with Gasteiger partial charge in [0.05, 0.1) is 13.5 Å². The number of amides is 1. The summed E-state index contributed by atoms with van der Waals surface area (Å²) in [4.78, 5) is 24.2. The van der Waals surface area contributed by atoms with Gasteiger partial charge < -0.3 is 10.1 Å². The number of hydrogen-bond acceptors (Lipinski definition) is 3. The molecule has 1 amide bonds. The molecule has 5 heteroatoms. The Kier molecular flexibility index (Phi) is 5.78. The number of ether oxygens (including phenoxy) is 1. The molecule has 1 unspecified atom stereocenters. The summed E-state index contributed by atoms with van der Waals surface area (Å²) in [5.41, 5.74) is 0.793. The Morgan fingerprint density at radius 2 is 2.00 bits per heavy atom. The minimum Gasteiger partial charge on any atom is -0.467 e. The van der Waals surface area contributed by atoms with Gasteiger partial charge in [-0.15, -0.1) is 0 Å². The molecule has 1 N–H and O–H groups in total. The Morgan fingerprint density at radius 3 is 2.48 bits per heavy atom. The number of halogens is 1. The third kappa shape index (κ3) is 4.21. The third-order valence-corrected chi connectivity index (χ3v) is 4.05. The zero-order valence-corrected chi connectivity index (χ0v) is 13.9. The minimum absolute atomic E-state index is 0.0831. The first kappa shape index (κ1) is 17.5. The number of esters is 1. The number of aryl methyl sites for hydroxylation is 1. The molecule has 0 aliphatic carbocycles. The molecule has 0 aromatic heterocycles. The van der Waals surface area contributed by atoms with E-state index in [0.717, 1.165) is 11.1 Å². The highest BCUT2D eigenvalue weighted by Gasteiger charge is 2.39. The van der Waals surface area contributed by atoms with Crippen LogP contribution >= 0.6 is 11.6 Å². The topological polar surface area (TPSA) is 55.4 Å². The second-order valence-corrected chi connectivity index (χ2v) is 6.08. The van der Waals surface area contributed by atoms with Crippen LogP contribution in [0.4, 0.5) is 0 Å². The van der Waals surface area contributed by atoms with E-state index in [-0.39, 0.29) is 18.2 Å². The second-order valence-electron chi connectivity index (χ2n) is 5.64. The molecule has 1 aromatic rings. The van der Waals surface area contributed by atoms with Crippen LogP contribution in [-0.2, 0) is 20.7 Å². The molecule has 0 saturated carbocycles. The highest BCUT2D eigenvalue weighted by atomic mass is 35.5. The van der Waals surface area contributed by atoms with Crippen LogP contribution in [-0.4, -0.2) is 24.5 Å². The Bertz CT molecular complexity index is 542. The predicted molar refractivity (Wildman–Crippen MR) is 83.3 cm³/mol. The van der Waals surface area contributed by atoms with Gasteiger partial charge in [0.15, 0.2) is 0 Å². The lowest BCUT2D eigenvalue weighted by molar-refractivity contribution is -0.152. The van der Waals surface area contributed by atoms with E-state index in [9.17, 15) is 9.59 Å². The summed E-state index contributed by atoms with van der Waals surface area (Å²) in [7, 11) is 1.32. The molecule has 1 atom stereocenters. The fourth-order valence-corrected chi connectivity index (χ4v) is 2.23. The highest BCUT2D eigenvalue weighted by molar-refractivity contribution is 6.30. The second kappa shape index (κ2) is 6.94. The molecular weight excluding hydrogens is 290 g/mol. The maximum atomic E-state index is 12.2. The normalized spacial score (nSPS) is 13.7. The number of rotatable bonds is 5. The molecule has 0 aliphatic heterocycles. The molecule has 0 aliphatic rings. The number of hydrogen-bond donors (Lipinski definition) is 1. The van der Waals surface area contributed by atoms with Gasteiger partial charge in [-0.3, -0.25) is 4.79 Å². The van der Waals surface area contributed by atoms with Gasteiger partial charge in [0.25, 0.3) is 0 Å². The maximum Gasteiger partial charge on any atom is 0.331 e. The first-order valence-corrected chi connectivity index (χ1v) is 7.23. The Morgan fingerprint density at radius 1 is 1.38 bits per heavy atom. The molecular formula is C16H22ClNO3. The zero-order valence-electron chi connectivity index (χ0n) is 13.1. The molecule has 21 heavy (non-hydrogen) atoms. The van der Waals surface area contributed by atoms with Gasteiger partial charge in [-0.05, 0) is 43.0 Å². The number of carbonyl (C=O) groups is 2. The summed E-state index contributed by atoms with van der Waals surface area (Å²) in [6.45, 7) is 7.31. The largest absolute Gasteiger partial charge is 0.467 e. The summed E-state index contributed by atoms with van der Waals surface area (Å²) in [5, 5.41) is 3.42. The van der Waals surface area contributed by atoms with Crippen molar-refractivity contribution < 1.29 is 14.3 Å². The van der Waals surface area contributed by atoms with Gasteiger partial charge in [0.1, 0.15) is 5.54 Å². The molecule has 1 aromatic carbocycles. The summed E-state index contributed by atoms with van der Waals surface area (Å²) in [5.74, 6) is -0.749. The van der Waals surface area contributed by atoms with Gasteiger partial charge in [-0.1, -0.05) is 31.5 Å². The van der Waals surface area contributed by atoms with Gasteiger partial charge in [-0.25, -0.2) is 4.79 Å². The number of methoxy groups -OCH3 is 1. The van der Waals surface area contributed by atoms with Crippen LogP contribution in [0.5, 0.6) is 0 Å². The van der Waals surface area contributed by atoms with E-state index in [1.54, 1.807) is 13.0 Å². The van der Waals surface area contributed by atoms with Gasteiger partial charge in [0, 0.05) is 5.02 Å². The minimum atomic E-state index is -1.04. The van der Waals surface area contributed by atoms with E-state index >= 15 is 0 Å². The van der Waals surface area contributed by atoms with Gasteiger partial charge >= 0.3 is 5.97 Å². The Balaban J connectivity index is 2.86. The van der Waals surface area contributed by atoms with Crippen molar-refractivity contribution >= 4 is 23.5 Å². The van der Waals surface area contributed by atoms with E-state index in [2.05, 4.69) is 5.32 Å². The smallest absolute Gasteiger partial charge is 0.331 e. The molecule has 4 nitrogen and oxygen atoms in total. The zero-order chi connectivity index (χ0) is 16.2. The third-order valence-electron chi connectivity index (χ3n) is 3.82. The van der Waals surface area contributed by atoms with Gasteiger partial charge in [0.2, 0.25) is 5.91 Å². The summed E-state index contributed by atoms with van der Waals surface area (Å²) in [6, 6.07) is 5.38. The average Bonchev–Trinajstić information content (AvgIpc) is 2.40. The van der Waals surface area contributed by atoms with Crippen LogP contribution in [0.25, 0.3) is 0 Å². The predicted octanol–water partition coefficient (Wildman–Crippen LogP) is 2.89. The van der Waals surface area contributed by atoms with E-state index in [4.69, 9.17) is 16.3 Å². The van der Waals surface area contributed by atoms with Crippen molar-refractivity contribution in [3.63, 3.8) is 0 Å². The highest BCUT2D eigenvalue weighted by Crippen LogP contribution is 2.20. The van der Waals surface area contributed by atoms with Gasteiger partial charge in [-0.2, -0.15) is 0 Å². The first-order chi connectivity index (χ1) is 9.70. The standard InChI is InChI=1S/C16H22ClNO3/c1-10(2)16(4,15(20)21-5)18-14(19)9-12-6-7-13(17)8-11(12)3/h6-8,10H,9H2,1-5H3,(H,18,19). The van der Waals surface area contributed by atoms with Crippen LogP contribution in [0.1, 0.15) is 31.9 Å². The van der Waals surface area contributed by atoms with E-state index in [1.807, 2.05) is 32.9 Å². The quantitative estimate of drug-likeness (QED) is 0.851. The van der Waals surface area contributed by atoms with Crippen LogP contribution in [0.15, 0.2) is 18.2 Å². The van der Waals surface area contributed by atoms with Crippen molar-refractivity contribution in [2.24, 2.45) is 5.92 Å². The summed E-state index contributed by atoms with van der Waals surface area (Å²) < 4.78 is 4.80. The molecule has 1 rings (SSSR count). The lowest BCUT2D eigenvalue weighted by Crippen LogP contribution is -2.56. The molecule has 0 heterocycles. The SMILES string of the molecule is COC(=O)C(C)(NC(=O)Cc1ccc(Cl)cc1C)C(C)C. The van der Waals surface area contributed by atoms with Crippen molar-refractivity contribution in [3.8, 4) is 0 Å². The van der Waals surface area contributed by atoms with E-state index < -0.39 is 11.5 Å². The lowest BCUT2D eigenvalue weighted by Gasteiger charge is -2.31. The molecule has 0 fully saturated rings. The average molecular weight is 312 g/mol. The number of benzene rings is 1. The van der Waals surface area contributed by atoms with Crippen molar-refractivity contribution in [2.45, 2.75) is 39.7 Å². The van der Waals surface area contributed by atoms with Crippen LogP contribution in [0.2, 0.25) is 5.02 Å². The molecule has 0 radical (unpaired) electrons. The fraction of sp³-hybridized carbons (Fsp3) is 0.500. The molecule has 0 bridgehead atoms. The molecule has 0 saturated heterocycles. The molecule has 0 spiro atoms. The van der Waals surface area contributed by atoms with Crippen LogP contribution in [0.3, 0.4) is 0 Å². The van der Waals surface area contributed by atoms with E-state index in [0.29, 0.717) is 5.02 Å². The number of nitrogens with one attached hydrogen (secondary N) is 1. The Labute approximate surface area is 130 Å². The summed E-state index contributed by atoms with van der Waals surface area (Å²) >= 11 is 5.90. The van der Waals surface area contributed by atoms with E-state index in [1.165, 1.54) is 7.11 Å². The van der Waals surface area contributed by atoms with Crippen molar-refractivity contribution in [1.82, 2.24) is 5.32 Å². The lowest BCUT2D eigenvalue weighted by atomic mass is 9.88. The van der Waals surface area contributed by atoms with Crippen molar-refractivity contribution in [3.05, 3.63) is 34.3 Å². The van der Waals surface area contributed by atoms with Crippen molar-refractivity contribution in [2.75, 3.05) is 7.11 Å². The Hall–Kier alpha value is -1.55. The fourth-order valence-electron chi connectivity index (χ4n) is 2.01. The van der Waals surface area contributed by atoms with Crippen LogP contribution < -0.4 is 5.32 Å². The maximum absolute atomic E-state index is 12.2. The number of carbonyl (C=O) groups excluding carboxylic acids is 2. The monoisotopic (exact) mass is 311 g/mol.